The summed E-state index contributed by atoms with van der Waals surface area (Å²) in [5.41, 5.74) is 6.36. The summed E-state index contributed by atoms with van der Waals surface area (Å²) in [7, 11) is 0. The minimum Gasteiger partial charge on any atom is -0.354 e. The van der Waals surface area contributed by atoms with Crippen molar-refractivity contribution in [1.82, 2.24) is 10.2 Å². The van der Waals surface area contributed by atoms with E-state index in [4.69, 9.17) is 5.73 Å². The Labute approximate surface area is 153 Å². The first-order valence-electron chi connectivity index (χ1n) is 9.97. The zero-order valence-electron chi connectivity index (χ0n) is 15.1. The maximum absolute atomic E-state index is 12.4. The lowest BCUT2D eigenvalue weighted by Crippen LogP contribution is -2.58. The molecule has 2 aliphatic carbocycles. The van der Waals surface area contributed by atoms with Crippen molar-refractivity contribution in [3.63, 3.8) is 0 Å². The number of likely N-dealkylation sites (tertiary alicyclic amines) is 1. The van der Waals surface area contributed by atoms with E-state index < -0.39 is 0 Å². The number of hydrogen-bond donors (Lipinski definition) is 2. The minimum atomic E-state index is 0. The van der Waals surface area contributed by atoms with Crippen LogP contribution in [0.1, 0.15) is 77.0 Å². The van der Waals surface area contributed by atoms with E-state index in [1.807, 2.05) is 0 Å². The van der Waals surface area contributed by atoms with Crippen LogP contribution in [-0.4, -0.2) is 42.0 Å². The van der Waals surface area contributed by atoms with Crippen LogP contribution >= 0.6 is 12.4 Å². The molecule has 3 rings (SSSR count). The first-order chi connectivity index (χ1) is 11.2. The van der Waals surface area contributed by atoms with E-state index in [0.717, 1.165) is 19.4 Å². The molecule has 0 unspecified atom stereocenters. The van der Waals surface area contributed by atoms with Crippen LogP contribution < -0.4 is 11.1 Å². The Balaban J connectivity index is 0.00000208. The molecule has 4 nitrogen and oxygen atoms in total. The number of nitrogens with zero attached hydrogens (tertiary/aromatic N) is 1. The average Bonchev–Trinajstić information content (AvgIpc) is 2.99. The van der Waals surface area contributed by atoms with Gasteiger partial charge < -0.3 is 11.1 Å². The fraction of sp³-hybridized carbons (Fsp3) is 0.947. The molecule has 0 aromatic carbocycles. The predicted octanol–water partition coefficient (Wildman–Crippen LogP) is 3.23. The predicted molar refractivity (Wildman–Crippen MR) is 101 cm³/mol. The van der Waals surface area contributed by atoms with Gasteiger partial charge in [-0.3, -0.25) is 9.69 Å². The Hall–Kier alpha value is -0.320. The van der Waals surface area contributed by atoms with Gasteiger partial charge in [0, 0.05) is 24.5 Å². The highest BCUT2D eigenvalue weighted by molar-refractivity contribution is 5.85. The molecule has 1 saturated heterocycles. The summed E-state index contributed by atoms with van der Waals surface area (Å²) in [6.45, 7) is 3.31. The van der Waals surface area contributed by atoms with Crippen molar-refractivity contribution in [2.75, 3.05) is 19.6 Å². The van der Waals surface area contributed by atoms with E-state index in [0.29, 0.717) is 12.3 Å². The lowest BCUT2D eigenvalue weighted by atomic mass is 9.79. The fourth-order valence-corrected chi connectivity index (χ4v) is 5.08. The highest BCUT2D eigenvalue weighted by Gasteiger charge is 2.38. The molecule has 3 fully saturated rings. The molecule has 3 aliphatic rings. The van der Waals surface area contributed by atoms with Crippen LogP contribution in [-0.2, 0) is 4.79 Å². The summed E-state index contributed by atoms with van der Waals surface area (Å²) in [6, 6.07) is 0.242. The van der Waals surface area contributed by atoms with Gasteiger partial charge in [-0.1, -0.05) is 32.1 Å². The van der Waals surface area contributed by atoms with Crippen molar-refractivity contribution in [2.45, 2.75) is 88.6 Å². The summed E-state index contributed by atoms with van der Waals surface area (Å²) < 4.78 is 0. The van der Waals surface area contributed by atoms with Crippen LogP contribution in [0.3, 0.4) is 0 Å². The number of rotatable bonds is 5. The normalized spacial score (nSPS) is 30.5. The molecule has 0 spiro atoms. The molecule has 0 aromatic heterocycles. The van der Waals surface area contributed by atoms with E-state index in [9.17, 15) is 4.79 Å². The molecule has 1 aliphatic heterocycles. The van der Waals surface area contributed by atoms with Gasteiger partial charge in [-0.2, -0.15) is 0 Å². The summed E-state index contributed by atoms with van der Waals surface area (Å²) in [5.74, 6) is 0.640. The van der Waals surface area contributed by atoms with E-state index in [-0.39, 0.29) is 29.9 Å². The standard InChI is InChI=1S/C19H35N3O.ClH/c20-17-9-7-8-16(17)14-18(23)21-15-19(10-3-1-4-11-19)22-12-5-2-6-13-22;/h16-17H,1-15,20H2,(H,21,23);1H/t16-,17+;/m0./s1. The lowest BCUT2D eigenvalue weighted by molar-refractivity contribution is -0.123. The van der Waals surface area contributed by atoms with Crippen molar-refractivity contribution < 1.29 is 4.79 Å². The maximum Gasteiger partial charge on any atom is 0.220 e. The van der Waals surface area contributed by atoms with Crippen LogP contribution in [0.4, 0.5) is 0 Å². The molecule has 5 heteroatoms. The van der Waals surface area contributed by atoms with E-state index in [1.165, 1.54) is 70.9 Å². The lowest BCUT2D eigenvalue weighted by Gasteiger charge is -2.48. The van der Waals surface area contributed by atoms with Gasteiger partial charge in [0.15, 0.2) is 0 Å². The van der Waals surface area contributed by atoms with Gasteiger partial charge in [-0.25, -0.2) is 0 Å². The molecule has 2 atom stereocenters. The van der Waals surface area contributed by atoms with E-state index in [2.05, 4.69) is 10.2 Å². The van der Waals surface area contributed by atoms with Gasteiger partial charge in [0.05, 0.1) is 0 Å². The highest BCUT2D eigenvalue weighted by Crippen LogP contribution is 2.35. The highest BCUT2D eigenvalue weighted by atomic mass is 35.5. The monoisotopic (exact) mass is 357 g/mol. The van der Waals surface area contributed by atoms with Crippen molar-refractivity contribution >= 4 is 18.3 Å². The molecule has 0 radical (unpaired) electrons. The molecular weight excluding hydrogens is 322 g/mol. The Bertz CT molecular complexity index is 392. The molecule has 1 amide bonds. The first-order valence-corrected chi connectivity index (χ1v) is 9.97. The Kier molecular flexibility index (Phi) is 7.83. The number of carbonyl (C=O) groups excluding carboxylic acids is 1. The van der Waals surface area contributed by atoms with Gasteiger partial charge in [0.2, 0.25) is 5.91 Å². The van der Waals surface area contributed by atoms with Crippen LogP contribution in [0, 0.1) is 5.92 Å². The van der Waals surface area contributed by atoms with Crippen molar-refractivity contribution in [2.24, 2.45) is 11.7 Å². The molecular formula is C19H36ClN3O. The minimum absolute atomic E-state index is 0. The third kappa shape index (κ3) is 4.86. The SMILES string of the molecule is Cl.N[C@@H]1CCC[C@H]1CC(=O)NCC1(N2CCCCC2)CCCCC1. The van der Waals surface area contributed by atoms with Crippen LogP contribution in [0.5, 0.6) is 0 Å². The second-order valence-electron chi connectivity index (χ2n) is 8.17. The summed E-state index contributed by atoms with van der Waals surface area (Å²) >= 11 is 0. The fourth-order valence-electron chi connectivity index (χ4n) is 5.08. The maximum atomic E-state index is 12.4. The van der Waals surface area contributed by atoms with Gasteiger partial charge in [-0.05, 0) is 57.5 Å². The number of nitrogens with one attached hydrogen (secondary N) is 1. The molecule has 1 heterocycles. The summed E-state index contributed by atoms with van der Waals surface area (Å²) in [4.78, 5) is 15.1. The first kappa shape index (κ1) is 20.0. The zero-order valence-corrected chi connectivity index (χ0v) is 15.9. The van der Waals surface area contributed by atoms with Crippen molar-refractivity contribution in [3.05, 3.63) is 0 Å². The Morgan fingerprint density at radius 3 is 2.29 bits per heavy atom. The number of piperidine rings is 1. The smallest absolute Gasteiger partial charge is 0.220 e. The molecule has 3 N–H and O–H groups in total. The molecule has 140 valence electrons. The van der Waals surface area contributed by atoms with Crippen LogP contribution in [0.2, 0.25) is 0 Å². The number of halogens is 1. The van der Waals surface area contributed by atoms with Gasteiger partial charge in [-0.15, -0.1) is 12.4 Å². The average molecular weight is 358 g/mol. The Morgan fingerprint density at radius 1 is 1.00 bits per heavy atom. The quantitative estimate of drug-likeness (QED) is 0.794. The van der Waals surface area contributed by atoms with E-state index >= 15 is 0 Å². The Morgan fingerprint density at radius 2 is 1.67 bits per heavy atom. The zero-order chi connectivity index (χ0) is 16.1. The van der Waals surface area contributed by atoms with E-state index in [1.54, 1.807) is 0 Å². The molecule has 0 aromatic rings. The van der Waals surface area contributed by atoms with Crippen molar-refractivity contribution in [1.29, 1.82) is 0 Å². The molecule has 0 bridgehead atoms. The molecule has 24 heavy (non-hydrogen) atoms. The third-order valence-corrected chi connectivity index (χ3v) is 6.59. The summed E-state index contributed by atoms with van der Waals surface area (Å²) in [5, 5.41) is 3.30. The van der Waals surface area contributed by atoms with Crippen LogP contribution in [0.25, 0.3) is 0 Å². The van der Waals surface area contributed by atoms with Crippen molar-refractivity contribution in [3.8, 4) is 0 Å². The number of nitrogens with two attached hydrogens (primary N) is 1. The number of amides is 1. The van der Waals surface area contributed by atoms with Gasteiger partial charge >= 0.3 is 0 Å². The second kappa shape index (κ2) is 9.40. The largest absolute Gasteiger partial charge is 0.354 e. The van der Waals surface area contributed by atoms with Gasteiger partial charge in [0.25, 0.3) is 0 Å². The topological polar surface area (TPSA) is 58.4 Å². The van der Waals surface area contributed by atoms with Gasteiger partial charge in [0.1, 0.15) is 0 Å². The number of carbonyl (C=O) groups is 1. The van der Waals surface area contributed by atoms with Crippen LogP contribution in [0.15, 0.2) is 0 Å². The number of hydrogen-bond acceptors (Lipinski definition) is 3. The second-order valence-corrected chi connectivity index (χ2v) is 8.17. The molecule has 2 saturated carbocycles. The summed E-state index contributed by atoms with van der Waals surface area (Å²) in [6.07, 6.45) is 14.6. The third-order valence-electron chi connectivity index (χ3n) is 6.59.